The largest absolute Gasteiger partial charge is 0.379 e. The van der Waals surface area contributed by atoms with Crippen molar-refractivity contribution in [1.82, 2.24) is 15.1 Å². The Labute approximate surface area is 391 Å². The van der Waals surface area contributed by atoms with E-state index in [1.807, 2.05) is 62.9 Å². The minimum atomic E-state index is -0.650. The Kier molecular flexibility index (Phi) is 21.2. The van der Waals surface area contributed by atoms with E-state index >= 15 is 0 Å². The van der Waals surface area contributed by atoms with Gasteiger partial charge in [-0.3, -0.25) is 14.4 Å². The van der Waals surface area contributed by atoms with Crippen LogP contribution in [0.3, 0.4) is 0 Å². The molecule has 0 spiro atoms. The third-order valence-corrected chi connectivity index (χ3v) is 14.7. The first-order chi connectivity index (χ1) is 31.3. The van der Waals surface area contributed by atoms with Gasteiger partial charge >= 0.3 is 0 Å². The van der Waals surface area contributed by atoms with E-state index < -0.39 is 42.6 Å². The van der Waals surface area contributed by atoms with E-state index in [-0.39, 0.29) is 54.2 Å². The zero-order valence-electron chi connectivity index (χ0n) is 41.3. The summed E-state index contributed by atoms with van der Waals surface area (Å²) in [5.74, 6) is -0.296. The quantitative estimate of drug-likeness (QED) is 0.105. The van der Waals surface area contributed by atoms with Crippen LogP contribution >= 0.6 is 0 Å². The fourth-order valence-corrected chi connectivity index (χ4v) is 10.4. The van der Waals surface area contributed by atoms with E-state index in [1.165, 1.54) is 49.7 Å². The van der Waals surface area contributed by atoms with Gasteiger partial charge in [0, 0.05) is 27.8 Å². The molecule has 3 aliphatic rings. The Hall–Kier alpha value is -3.39. The number of hydrogen-bond acceptors (Lipinski definition) is 9. The van der Waals surface area contributed by atoms with Crippen molar-refractivity contribution in [2.45, 2.75) is 192 Å². The predicted molar refractivity (Wildman–Crippen MR) is 256 cm³/mol. The van der Waals surface area contributed by atoms with Crippen LogP contribution in [0.1, 0.15) is 154 Å². The van der Waals surface area contributed by atoms with Gasteiger partial charge in [-0.15, -0.1) is 0 Å². The number of nitrogens with zero attached hydrogens (tertiary/aromatic N) is 2. The van der Waals surface area contributed by atoms with Crippen LogP contribution in [0.25, 0.3) is 0 Å². The van der Waals surface area contributed by atoms with Crippen molar-refractivity contribution < 1.29 is 38.1 Å². The second kappa shape index (κ2) is 26.2. The molecule has 0 bridgehead atoms. The molecular formula is C53H84N4O8. The number of likely N-dealkylation sites (N-methyl/N-ethyl adjacent to an activating group) is 1. The van der Waals surface area contributed by atoms with Crippen LogP contribution in [0.2, 0.25) is 0 Å². The molecule has 1 aliphatic carbocycles. The maximum absolute atomic E-state index is 14.2. The number of carbonyl (C=O) groups excluding carboxylic acids is 3. The lowest BCUT2D eigenvalue weighted by Crippen LogP contribution is -2.56. The van der Waals surface area contributed by atoms with Crippen LogP contribution in [0.15, 0.2) is 54.6 Å². The maximum Gasteiger partial charge on any atom is 0.239 e. The first-order valence-electron chi connectivity index (χ1n) is 25.0. The summed E-state index contributed by atoms with van der Waals surface area (Å²) in [4.78, 5) is 45.4. The van der Waals surface area contributed by atoms with E-state index in [0.29, 0.717) is 32.1 Å². The third-order valence-electron chi connectivity index (χ3n) is 14.7. The van der Waals surface area contributed by atoms with Gasteiger partial charge in [-0.05, 0) is 86.3 Å². The van der Waals surface area contributed by atoms with E-state index in [9.17, 15) is 14.4 Å². The normalized spacial score (nSPS) is 23.4. The second-order valence-corrected chi connectivity index (χ2v) is 19.7. The monoisotopic (exact) mass is 905 g/mol. The van der Waals surface area contributed by atoms with Crippen molar-refractivity contribution >= 4 is 17.7 Å². The zero-order chi connectivity index (χ0) is 47.0. The molecule has 65 heavy (non-hydrogen) atoms. The fraction of sp³-hybridized carbons (Fsp3) is 0.717. The average Bonchev–Trinajstić information content (AvgIpc) is 3.64. The molecule has 12 nitrogen and oxygen atoms in total. The summed E-state index contributed by atoms with van der Waals surface area (Å²) in [6.45, 7) is 13.4. The summed E-state index contributed by atoms with van der Waals surface area (Å²) in [5, 5.41) is 3.26. The van der Waals surface area contributed by atoms with E-state index in [2.05, 4.69) is 43.4 Å². The molecule has 3 fully saturated rings. The fourth-order valence-electron chi connectivity index (χ4n) is 10.4. The summed E-state index contributed by atoms with van der Waals surface area (Å²) in [5.41, 5.74) is 9.88. The Morgan fingerprint density at radius 1 is 0.862 bits per heavy atom. The van der Waals surface area contributed by atoms with Gasteiger partial charge in [0.2, 0.25) is 17.7 Å². The Morgan fingerprint density at radius 3 is 2.18 bits per heavy atom. The molecule has 0 aromatic heterocycles. The number of methoxy groups -OCH3 is 2. The lowest BCUT2D eigenvalue weighted by molar-refractivity contribution is -0.229. The van der Waals surface area contributed by atoms with Crippen LogP contribution in [0, 0.1) is 17.8 Å². The minimum absolute atomic E-state index is 0.0283. The summed E-state index contributed by atoms with van der Waals surface area (Å²) in [6, 6.07) is 17.3. The molecule has 1 saturated carbocycles. The zero-order valence-corrected chi connectivity index (χ0v) is 41.3. The number of benzene rings is 2. The van der Waals surface area contributed by atoms with Gasteiger partial charge in [0.15, 0.2) is 6.29 Å². The Bertz CT molecular complexity index is 1720. The summed E-state index contributed by atoms with van der Waals surface area (Å²) < 4.78 is 31.6. The number of nitrogens with two attached hydrogens (primary N) is 1. The second-order valence-electron chi connectivity index (χ2n) is 19.7. The first kappa shape index (κ1) is 52.6. The van der Waals surface area contributed by atoms with Crippen molar-refractivity contribution in [1.29, 1.82) is 0 Å². The average molecular weight is 905 g/mol. The number of carbonyl (C=O) groups is 3. The lowest BCUT2D eigenvalue weighted by atomic mass is 9.89. The number of nitrogens with one attached hydrogen (secondary N) is 1. The first-order valence-corrected chi connectivity index (χ1v) is 25.0. The molecule has 3 amide bonds. The SMILES string of the molecule is CC[C@H](C)[C@@H]([C@@H](CC(=O)N1CCC[C@H]1[C@H](OC)[C@@H](C)C(=O)N[C@H](C)[C@@H](OC1CCCC(COCc2ccc(C3CCCCCC3)cc2)O1)c1ccccc1)OC)N(C)C(=O)[C@@H](N)C(C)C. The molecule has 2 aromatic carbocycles. The van der Waals surface area contributed by atoms with Gasteiger partial charge < -0.3 is 44.5 Å². The van der Waals surface area contributed by atoms with Crippen LogP contribution in [-0.4, -0.2) is 111 Å². The van der Waals surface area contributed by atoms with Crippen LogP contribution < -0.4 is 11.1 Å². The topological polar surface area (TPSA) is 142 Å². The number of hydrogen-bond donors (Lipinski definition) is 2. The van der Waals surface area contributed by atoms with Crippen molar-refractivity contribution in [2.24, 2.45) is 23.5 Å². The third kappa shape index (κ3) is 14.6. The molecule has 12 heteroatoms. The minimum Gasteiger partial charge on any atom is -0.379 e. The molecule has 2 aliphatic heterocycles. The van der Waals surface area contributed by atoms with Gasteiger partial charge in [0.1, 0.15) is 6.10 Å². The van der Waals surface area contributed by atoms with Crippen molar-refractivity contribution in [3.05, 3.63) is 71.3 Å². The summed E-state index contributed by atoms with van der Waals surface area (Å²) >= 11 is 0. The number of likely N-dealkylation sites (tertiary alicyclic amines) is 1. The molecule has 3 N–H and O–H groups in total. The predicted octanol–water partition coefficient (Wildman–Crippen LogP) is 8.70. The molecular weight excluding hydrogens is 821 g/mol. The van der Waals surface area contributed by atoms with Crippen LogP contribution in [-0.2, 0) is 44.7 Å². The highest BCUT2D eigenvalue weighted by Crippen LogP contribution is 2.34. The standard InChI is InChI=1S/C53H84N4O8/c1-10-36(4)49(56(7)53(60)48(54)35(2)3)45(61-8)32-46(58)57-31-19-25-44(57)50(62-9)37(5)52(59)55-38(6)51(42-22-16-13-17-23-42)65-47-26-18-24-43(64-47)34-63-33-39-27-29-41(30-28-39)40-20-14-11-12-15-21-40/h13,16-17,22-23,27-30,35-38,40,43-45,47-51H,10-12,14-15,18-21,24-26,31-34,54H2,1-9H3,(H,55,59)/t36-,37+,38+,43?,44-,45+,47?,48-,49-,50+,51+/m0/s1. The van der Waals surface area contributed by atoms with E-state index in [1.54, 1.807) is 26.2 Å². The van der Waals surface area contributed by atoms with Gasteiger partial charge in [0.25, 0.3) is 0 Å². The smallest absolute Gasteiger partial charge is 0.239 e. The van der Waals surface area contributed by atoms with Gasteiger partial charge in [-0.2, -0.15) is 0 Å². The molecule has 2 heterocycles. The Morgan fingerprint density at radius 2 is 1.55 bits per heavy atom. The maximum atomic E-state index is 14.2. The molecule has 5 rings (SSSR count). The van der Waals surface area contributed by atoms with E-state index in [4.69, 9.17) is 29.4 Å². The summed E-state index contributed by atoms with van der Waals surface area (Å²) in [7, 11) is 4.97. The van der Waals surface area contributed by atoms with E-state index in [0.717, 1.165) is 37.7 Å². The van der Waals surface area contributed by atoms with Crippen molar-refractivity contribution in [2.75, 3.05) is 34.4 Å². The van der Waals surface area contributed by atoms with Crippen LogP contribution in [0.5, 0.6) is 0 Å². The van der Waals surface area contributed by atoms with Gasteiger partial charge in [-0.1, -0.05) is 121 Å². The highest BCUT2D eigenvalue weighted by atomic mass is 16.7. The number of amides is 3. The van der Waals surface area contributed by atoms with Crippen LogP contribution in [0.4, 0.5) is 0 Å². The number of rotatable bonds is 23. The van der Waals surface area contributed by atoms with Gasteiger partial charge in [-0.25, -0.2) is 0 Å². The molecule has 2 saturated heterocycles. The highest BCUT2D eigenvalue weighted by molar-refractivity contribution is 5.83. The molecule has 0 radical (unpaired) electrons. The van der Waals surface area contributed by atoms with Crippen molar-refractivity contribution in [3.63, 3.8) is 0 Å². The Balaban J connectivity index is 1.18. The van der Waals surface area contributed by atoms with Gasteiger partial charge in [0.05, 0.1) is 68.0 Å². The number of ether oxygens (including phenoxy) is 5. The molecule has 364 valence electrons. The lowest BCUT2D eigenvalue weighted by Gasteiger charge is -2.40. The molecule has 2 aromatic rings. The van der Waals surface area contributed by atoms with Crippen molar-refractivity contribution in [3.8, 4) is 0 Å². The highest BCUT2D eigenvalue weighted by Gasteiger charge is 2.43. The molecule has 2 unspecified atom stereocenters. The summed E-state index contributed by atoms with van der Waals surface area (Å²) in [6.07, 6.45) is 10.8. The molecule has 11 atom stereocenters.